The molecule has 1 aliphatic rings. The van der Waals surface area contributed by atoms with Crippen molar-refractivity contribution in [2.75, 3.05) is 11.4 Å². The van der Waals surface area contributed by atoms with E-state index in [0.29, 0.717) is 0 Å². The van der Waals surface area contributed by atoms with Crippen LogP contribution < -0.4 is 4.90 Å². The van der Waals surface area contributed by atoms with E-state index in [1.165, 1.54) is 5.56 Å². The summed E-state index contributed by atoms with van der Waals surface area (Å²) < 4.78 is 0. The minimum absolute atomic E-state index is 0.749. The van der Waals surface area contributed by atoms with Crippen molar-refractivity contribution < 1.29 is 0 Å². The van der Waals surface area contributed by atoms with E-state index in [4.69, 9.17) is 0 Å². The van der Waals surface area contributed by atoms with Gasteiger partial charge in [-0.05, 0) is 17.7 Å². The Labute approximate surface area is 94.1 Å². The Morgan fingerprint density at radius 3 is 2.69 bits per heavy atom. The number of aromatic nitrogens is 2. The van der Waals surface area contributed by atoms with Crippen LogP contribution in [0.25, 0.3) is 6.08 Å². The zero-order valence-corrected chi connectivity index (χ0v) is 8.74. The summed E-state index contributed by atoms with van der Waals surface area (Å²) in [6.07, 6.45) is 7.79. The summed E-state index contributed by atoms with van der Waals surface area (Å²) in [5, 5.41) is 0. The van der Waals surface area contributed by atoms with Crippen LogP contribution in [-0.2, 0) is 0 Å². The average Bonchev–Trinajstić information content (AvgIpc) is 2.39. The Morgan fingerprint density at radius 1 is 1.00 bits per heavy atom. The molecule has 3 nitrogen and oxygen atoms in total. The molecule has 0 radical (unpaired) electrons. The van der Waals surface area contributed by atoms with Gasteiger partial charge in [-0.25, -0.2) is 9.97 Å². The first-order chi connectivity index (χ1) is 7.95. The minimum Gasteiger partial charge on any atom is -0.306 e. The molecule has 2 heterocycles. The molecule has 1 aromatic heterocycles. The first-order valence-electron chi connectivity index (χ1n) is 5.25. The van der Waals surface area contributed by atoms with E-state index < -0.39 is 0 Å². The van der Waals surface area contributed by atoms with Crippen molar-refractivity contribution in [3.05, 3.63) is 54.4 Å². The second-order valence-corrected chi connectivity index (χ2v) is 3.62. The van der Waals surface area contributed by atoms with Gasteiger partial charge in [0.05, 0.1) is 5.69 Å². The zero-order chi connectivity index (χ0) is 10.8. The fourth-order valence-electron chi connectivity index (χ4n) is 1.88. The second-order valence-electron chi connectivity index (χ2n) is 3.62. The maximum atomic E-state index is 4.28. The van der Waals surface area contributed by atoms with Crippen molar-refractivity contribution in [3.63, 3.8) is 0 Å². The summed E-state index contributed by atoms with van der Waals surface area (Å²) in [4.78, 5) is 10.7. The quantitative estimate of drug-likeness (QED) is 0.723. The summed E-state index contributed by atoms with van der Waals surface area (Å²) in [7, 11) is 0. The maximum Gasteiger partial charge on any atom is 0.230 e. The smallest absolute Gasteiger partial charge is 0.230 e. The second kappa shape index (κ2) is 3.77. The Bertz CT molecular complexity index is 520. The Hall–Kier alpha value is -2.16. The third-order valence-electron chi connectivity index (χ3n) is 2.61. The van der Waals surface area contributed by atoms with Gasteiger partial charge in [0, 0.05) is 18.9 Å². The van der Waals surface area contributed by atoms with Crippen LogP contribution in [-0.4, -0.2) is 16.5 Å². The summed E-state index contributed by atoms with van der Waals surface area (Å²) in [6.45, 7) is 0.820. The van der Waals surface area contributed by atoms with E-state index in [1.807, 2.05) is 18.2 Å². The Kier molecular flexibility index (Phi) is 2.14. The lowest BCUT2D eigenvalue weighted by Crippen LogP contribution is -2.22. The SMILES string of the molecule is C1=Cc2ccccc2N(c2ncccn2)C1. The molecule has 0 fully saturated rings. The number of fused-ring (bicyclic) bond motifs is 1. The van der Waals surface area contributed by atoms with E-state index in [0.717, 1.165) is 18.2 Å². The molecule has 0 spiro atoms. The fourth-order valence-corrected chi connectivity index (χ4v) is 1.88. The van der Waals surface area contributed by atoms with Gasteiger partial charge in [0.2, 0.25) is 5.95 Å². The average molecular weight is 209 g/mol. The van der Waals surface area contributed by atoms with E-state index in [2.05, 4.69) is 39.2 Å². The van der Waals surface area contributed by atoms with E-state index >= 15 is 0 Å². The van der Waals surface area contributed by atoms with Crippen LogP contribution in [0.5, 0.6) is 0 Å². The third kappa shape index (κ3) is 1.46. The minimum atomic E-state index is 0.749. The number of anilines is 2. The van der Waals surface area contributed by atoms with Gasteiger partial charge >= 0.3 is 0 Å². The Balaban J connectivity index is 2.09. The van der Waals surface area contributed by atoms with Crippen LogP contribution in [0, 0.1) is 0 Å². The van der Waals surface area contributed by atoms with Crippen LogP contribution in [0.3, 0.4) is 0 Å². The topological polar surface area (TPSA) is 29.0 Å². The van der Waals surface area contributed by atoms with Gasteiger partial charge in [-0.3, -0.25) is 0 Å². The van der Waals surface area contributed by atoms with Crippen molar-refractivity contribution in [2.45, 2.75) is 0 Å². The number of benzene rings is 1. The van der Waals surface area contributed by atoms with Crippen LogP contribution in [0.2, 0.25) is 0 Å². The number of para-hydroxylation sites is 1. The molecule has 0 amide bonds. The number of rotatable bonds is 1. The molecular weight excluding hydrogens is 198 g/mol. The van der Waals surface area contributed by atoms with Crippen molar-refractivity contribution in [2.24, 2.45) is 0 Å². The summed E-state index contributed by atoms with van der Waals surface area (Å²) in [5.41, 5.74) is 2.37. The molecule has 1 aliphatic heterocycles. The Morgan fingerprint density at radius 2 is 1.81 bits per heavy atom. The third-order valence-corrected chi connectivity index (χ3v) is 2.61. The molecule has 0 unspecified atom stereocenters. The van der Waals surface area contributed by atoms with Gasteiger partial charge in [0.25, 0.3) is 0 Å². The molecule has 0 bridgehead atoms. The van der Waals surface area contributed by atoms with Crippen molar-refractivity contribution in [1.82, 2.24) is 9.97 Å². The van der Waals surface area contributed by atoms with Gasteiger partial charge in [-0.15, -0.1) is 0 Å². The van der Waals surface area contributed by atoms with E-state index in [-0.39, 0.29) is 0 Å². The molecular formula is C13H11N3. The predicted octanol–water partition coefficient (Wildman–Crippen LogP) is 2.64. The lowest BCUT2D eigenvalue weighted by molar-refractivity contribution is 0.981. The van der Waals surface area contributed by atoms with Crippen molar-refractivity contribution in [1.29, 1.82) is 0 Å². The van der Waals surface area contributed by atoms with Gasteiger partial charge < -0.3 is 4.90 Å². The summed E-state index contributed by atoms with van der Waals surface area (Å²) in [6, 6.07) is 10.1. The van der Waals surface area contributed by atoms with E-state index in [1.54, 1.807) is 12.4 Å². The lowest BCUT2D eigenvalue weighted by atomic mass is 10.1. The molecule has 0 saturated carbocycles. The van der Waals surface area contributed by atoms with Gasteiger partial charge in [-0.2, -0.15) is 0 Å². The molecule has 0 N–H and O–H groups in total. The largest absolute Gasteiger partial charge is 0.306 e. The molecule has 0 saturated heterocycles. The monoisotopic (exact) mass is 209 g/mol. The molecule has 2 aromatic rings. The van der Waals surface area contributed by atoms with Crippen molar-refractivity contribution in [3.8, 4) is 0 Å². The van der Waals surface area contributed by atoms with Crippen molar-refractivity contribution >= 4 is 17.7 Å². The molecule has 3 rings (SSSR count). The number of hydrogen-bond acceptors (Lipinski definition) is 3. The normalized spacial score (nSPS) is 13.6. The highest BCUT2D eigenvalue weighted by atomic mass is 15.2. The summed E-state index contributed by atoms with van der Waals surface area (Å²) in [5.74, 6) is 0.749. The fraction of sp³-hybridized carbons (Fsp3) is 0.0769. The standard InChI is InChI=1S/C13H11N3/c1-2-7-12-11(5-1)6-3-10-16(12)13-14-8-4-9-15-13/h1-9H,10H2. The molecule has 0 aliphatic carbocycles. The highest BCUT2D eigenvalue weighted by Crippen LogP contribution is 2.29. The predicted molar refractivity (Wildman–Crippen MR) is 64.5 cm³/mol. The lowest BCUT2D eigenvalue weighted by Gasteiger charge is -2.25. The van der Waals surface area contributed by atoms with Crippen LogP contribution >= 0.6 is 0 Å². The zero-order valence-electron chi connectivity index (χ0n) is 8.74. The van der Waals surface area contributed by atoms with Gasteiger partial charge in [-0.1, -0.05) is 30.4 Å². The molecule has 3 heteroatoms. The maximum absolute atomic E-state index is 4.28. The van der Waals surface area contributed by atoms with Gasteiger partial charge in [0.15, 0.2) is 0 Å². The molecule has 0 atom stereocenters. The number of hydrogen-bond donors (Lipinski definition) is 0. The first-order valence-corrected chi connectivity index (χ1v) is 5.25. The number of nitrogens with zero attached hydrogens (tertiary/aromatic N) is 3. The van der Waals surface area contributed by atoms with Crippen LogP contribution in [0.15, 0.2) is 48.8 Å². The van der Waals surface area contributed by atoms with Crippen LogP contribution in [0.1, 0.15) is 5.56 Å². The highest BCUT2D eigenvalue weighted by molar-refractivity contribution is 5.75. The molecule has 78 valence electrons. The summed E-state index contributed by atoms with van der Waals surface area (Å²) >= 11 is 0. The molecule has 16 heavy (non-hydrogen) atoms. The highest BCUT2D eigenvalue weighted by Gasteiger charge is 2.15. The first kappa shape index (κ1) is 9.09. The van der Waals surface area contributed by atoms with Crippen LogP contribution in [0.4, 0.5) is 11.6 Å². The molecule has 1 aromatic carbocycles. The van der Waals surface area contributed by atoms with Gasteiger partial charge in [0.1, 0.15) is 0 Å². The van der Waals surface area contributed by atoms with E-state index in [9.17, 15) is 0 Å².